The van der Waals surface area contributed by atoms with E-state index in [-0.39, 0.29) is 5.91 Å². The molecule has 3 N–H and O–H groups in total. The fourth-order valence-electron chi connectivity index (χ4n) is 2.33. The molecule has 1 saturated heterocycles. The van der Waals surface area contributed by atoms with Crippen LogP contribution in [0, 0.1) is 0 Å². The molecule has 5 nitrogen and oxygen atoms in total. The summed E-state index contributed by atoms with van der Waals surface area (Å²) in [6.07, 6.45) is 5.14. The first-order valence-corrected chi connectivity index (χ1v) is 6.75. The maximum atomic E-state index is 12.2. The van der Waals surface area contributed by atoms with Gasteiger partial charge in [-0.3, -0.25) is 9.89 Å². The molecule has 2 rings (SSSR count). The molecule has 0 aromatic carbocycles. The molecular formula is C13H22N4O. The fourth-order valence-corrected chi connectivity index (χ4v) is 2.33. The molecular weight excluding hydrogens is 228 g/mol. The third-order valence-corrected chi connectivity index (χ3v) is 3.51. The highest BCUT2D eigenvalue weighted by molar-refractivity contribution is 5.97. The van der Waals surface area contributed by atoms with Crippen LogP contribution >= 0.6 is 0 Å². The summed E-state index contributed by atoms with van der Waals surface area (Å²) < 4.78 is 0. The summed E-state index contributed by atoms with van der Waals surface area (Å²) in [5.41, 5.74) is 0.608. The Kier molecular flexibility index (Phi) is 4.01. The van der Waals surface area contributed by atoms with Gasteiger partial charge in [-0.1, -0.05) is 13.3 Å². The normalized spacial score (nSPS) is 23.9. The lowest BCUT2D eigenvalue weighted by molar-refractivity contribution is -0.122. The number of hydrogen-bond donors (Lipinski definition) is 3. The van der Waals surface area contributed by atoms with Crippen LogP contribution in [0.15, 0.2) is 6.07 Å². The highest BCUT2D eigenvalue weighted by Crippen LogP contribution is 2.20. The second-order valence-electron chi connectivity index (χ2n) is 5.20. The van der Waals surface area contributed by atoms with E-state index in [0.717, 1.165) is 44.3 Å². The largest absolute Gasteiger partial charge is 0.308 e. The van der Waals surface area contributed by atoms with Crippen LogP contribution < -0.4 is 10.6 Å². The molecule has 1 aliphatic rings. The van der Waals surface area contributed by atoms with Gasteiger partial charge in [-0.05, 0) is 39.2 Å². The Morgan fingerprint density at radius 2 is 2.39 bits per heavy atom. The molecule has 18 heavy (non-hydrogen) atoms. The Morgan fingerprint density at radius 1 is 1.56 bits per heavy atom. The van der Waals surface area contributed by atoms with Gasteiger partial charge in [0.25, 0.3) is 0 Å². The quantitative estimate of drug-likeness (QED) is 0.763. The lowest BCUT2D eigenvalue weighted by Crippen LogP contribution is -2.54. The minimum atomic E-state index is -0.456. The minimum Gasteiger partial charge on any atom is -0.308 e. The predicted molar refractivity (Wildman–Crippen MR) is 71.5 cm³/mol. The molecule has 0 spiro atoms. The van der Waals surface area contributed by atoms with Crippen LogP contribution in [-0.2, 0) is 11.2 Å². The Bertz CT molecular complexity index is 407. The second-order valence-corrected chi connectivity index (χ2v) is 5.20. The van der Waals surface area contributed by atoms with E-state index in [1.807, 2.05) is 13.0 Å². The van der Waals surface area contributed by atoms with E-state index in [1.54, 1.807) is 0 Å². The number of carbonyl (C=O) groups is 1. The Hall–Kier alpha value is -1.36. The van der Waals surface area contributed by atoms with Crippen LogP contribution in [0.4, 0.5) is 5.82 Å². The smallest absolute Gasteiger partial charge is 0.245 e. The van der Waals surface area contributed by atoms with Crippen LogP contribution in [-0.4, -0.2) is 28.2 Å². The summed E-state index contributed by atoms with van der Waals surface area (Å²) in [6.45, 7) is 4.98. The van der Waals surface area contributed by atoms with E-state index in [9.17, 15) is 4.79 Å². The number of hydrogen-bond acceptors (Lipinski definition) is 3. The van der Waals surface area contributed by atoms with E-state index in [4.69, 9.17) is 0 Å². The van der Waals surface area contributed by atoms with Gasteiger partial charge in [0.1, 0.15) is 0 Å². The number of aromatic nitrogens is 2. The van der Waals surface area contributed by atoms with E-state index >= 15 is 0 Å². The number of amides is 1. The maximum Gasteiger partial charge on any atom is 0.245 e. The Morgan fingerprint density at radius 3 is 3.06 bits per heavy atom. The highest BCUT2D eigenvalue weighted by atomic mass is 16.2. The molecule has 2 heterocycles. The van der Waals surface area contributed by atoms with Crippen molar-refractivity contribution in [3.8, 4) is 0 Å². The number of nitrogens with one attached hydrogen (secondary N) is 3. The number of H-pyrrole nitrogens is 1. The molecule has 0 saturated carbocycles. The summed E-state index contributed by atoms with van der Waals surface area (Å²) in [4.78, 5) is 12.2. The fraction of sp³-hybridized carbons (Fsp3) is 0.692. The number of piperidine rings is 1. The van der Waals surface area contributed by atoms with E-state index in [1.165, 1.54) is 0 Å². The number of anilines is 1. The van der Waals surface area contributed by atoms with Crippen molar-refractivity contribution in [1.29, 1.82) is 0 Å². The monoisotopic (exact) mass is 250 g/mol. The zero-order valence-electron chi connectivity index (χ0n) is 11.2. The van der Waals surface area contributed by atoms with E-state index in [2.05, 4.69) is 27.8 Å². The Balaban J connectivity index is 1.97. The average molecular weight is 250 g/mol. The van der Waals surface area contributed by atoms with Crippen LogP contribution in [0.3, 0.4) is 0 Å². The van der Waals surface area contributed by atoms with Crippen molar-refractivity contribution in [2.75, 3.05) is 11.9 Å². The number of nitrogens with zero attached hydrogens (tertiary/aromatic N) is 1. The van der Waals surface area contributed by atoms with Crippen LogP contribution in [0.1, 0.15) is 45.2 Å². The van der Waals surface area contributed by atoms with Gasteiger partial charge in [-0.25, -0.2) is 0 Å². The van der Waals surface area contributed by atoms with Gasteiger partial charge in [0, 0.05) is 11.8 Å². The van der Waals surface area contributed by atoms with Crippen LogP contribution in [0.25, 0.3) is 0 Å². The first kappa shape index (κ1) is 13.1. The second kappa shape index (κ2) is 5.52. The van der Waals surface area contributed by atoms with Gasteiger partial charge in [0.15, 0.2) is 5.82 Å². The summed E-state index contributed by atoms with van der Waals surface area (Å²) in [5.74, 6) is 0.633. The zero-order chi connectivity index (χ0) is 13.0. The lowest BCUT2D eigenvalue weighted by atomic mass is 9.90. The molecule has 0 bridgehead atoms. The third kappa shape index (κ3) is 2.90. The zero-order valence-corrected chi connectivity index (χ0v) is 11.2. The van der Waals surface area contributed by atoms with Crippen molar-refractivity contribution in [1.82, 2.24) is 15.5 Å². The van der Waals surface area contributed by atoms with Crippen LogP contribution in [0.5, 0.6) is 0 Å². The van der Waals surface area contributed by atoms with Crippen molar-refractivity contribution >= 4 is 11.7 Å². The van der Waals surface area contributed by atoms with Crippen molar-refractivity contribution in [3.05, 3.63) is 11.8 Å². The van der Waals surface area contributed by atoms with Gasteiger partial charge in [0.2, 0.25) is 5.91 Å². The number of rotatable bonds is 4. The predicted octanol–water partition coefficient (Wildman–Crippen LogP) is 1.83. The van der Waals surface area contributed by atoms with Crippen molar-refractivity contribution < 1.29 is 4.79 Å². The lowest BCUT2D eigenvalue weighted by Gasteiger charge is -2.33. The molecule has 1 unspecified atom stereocenters. The molecule has 1 aromatic heterocycles. The number of aryl methyl sites for hydroxylation is 1. The Labute approximate surface area is 108 Å². The third-order valence-electron chi connectivity index (χ3n) is 3.51. The summed E-state index contributed by atoms with van der Waals surface area (Å²) in [5, 5.41) is 13.2. The molecule has 1 atom stereocenters. The molecule has 0 radical (unpaired) electrons. The minimum absolute atomic E-state index is 0.0109. The topological polar surface area (TPSA) is 69.8 Å². The van der Waals surface area contributed by atoms with Crippen molar-refractivity contribution in [2.45, 2.75) is 51.5 Å². The summed E-state index contributed by atoms with van der Waals surface area (Å²) in [7, 11) is 0. The first-order chi connectivity index (χ1) is 8.64. The van der Waals surface area contributed by atoms with Crippen molar-refractivity contribution in [2.24, 2.45) is 0 Å². The van der Waals surface area contributed by atoms with Gasteiger partial charge in [-0.2, -0.15) is 5.10 Å². The van der Waals surface area contributed by atoms with E-state index in [0.29, 0.717) is 5.82 Å². The SMILES string of the molecule is CCCc1cc(NC(=O)C2(C)CCCCN2)n[nH]1. The molecule has 0 aliphatic carbocycles. The molecule has 1 fully saturated rings. The molecule has 1 aliphatic heterocycles. The molecule has 1 amide bonds. The highest BCUT2D eigenvalue weighted by Gasteiger charge is 2.34. The number of aromatic amines is 1. The first-order valence-electron chi connectivity index (χ1n) is 6.75. The summed E-state index contributed by atoms with van der Waals surface area (Å²) in [6, 6.07) is 1.91. The van der Waals surface area contributed by atoms with Gasteiger partial charge in [0.05, 0.1) is 5.54 Å². The van der Waals surface area contributed by atoms with Gasteiger partial charge < -0.3 is 10.6 Å². The summed E-state index contributed by atoms with van der Waals surface area (Å²) >= 11 is 0. The molecule has 1 aromatic rings. The van der Waals surface area contributed by atoms with Crippen LogP contribution in [0.2, 0.25) is 0 Å². The van der Waals surface area contributed by atoms with Gasteiger partial charge >= 0.3 is 0 Å². The van der Waals surface area contributed by atoms with Gasteiger partial charge in [-0.15, -0.1) is 0 Å². The number of carbonyl (C=O) groups excluding carboxylic acids is 1. The maximum absolute atomic E-state index is 12.2. The average Bonchev–Trinajstić information content (AvgIpc) is 2.78. The van der Waals surface area contributed by atoms with Crippen molar-refractivity contribution in [3.63, 3.8) is 0 Å². The van der Waals surface area contributed by atoms with E-state index < -0.39 is 5.54 Å². The molecule has 100 valence electrons. The standard InChI is InChI=1S/C13H22N4O/c1-3-6-10-9-11(17-16-10)15-12(18)13(2)7-4-5-8-14-13/h9,14H,3-8H2,1-2H3,(H2,15,16,17,18). The molecule has 5 heteroatoms.